The van der Waals surface area contributed by atoms with Crippen molar-refractivity contribution in [3.63, 3.8) is 0 Å². The number of nitriles is 2. The molecule has 0 heterocycles. The normalized spacial score (nSPS) is 11.6. The summed E-state index contributed by atoms with van der Waals surface area (Å²) < 4.78 is 0. The molecule has 0 rings (SSSR count). The zero-order valence-electron chi connectivity index (χ0n) is 7.29. The third-order valence-corrected chi connectivity index (χ3v) is 1.78. The summed E-state index contributed by atoms with van der Waals surface area (Å²) in [7, 11) is 0. The summed E-state index contributed by atoms with van der Waals surface area (Å²) in [5, 5.41) is 17.0. The second-order valence-electron chi connectivity index (χ2n) is 2.81. The predicted molar refractivity (Wildman–Crippen MR) is 46.9 cm³/mol. The lowest BCUT2D eigenvalue weighted by atomic mass is 9.98. The van der Waals surface area contributed by atoms with Crippen molar-refractivity contribution in [2.75, 3.05) is 6.54 Å². The van der Waals surface area contributed by atoms with Crippen LogP contribution in [0.4, 0.5) is 0 Å². The molecule has 0 aliphatic carbocycles. The van der Waals surface area contributed by atoms with Crippen LogP contribution in [0.2, 0.25) is 0 Å². The number of unbranched alkanes of at least 4 members (excludes halogenated alkanes) is 1. The molecule has 0 aromatic heterocycles. The average Bonchev–Trinajstić information content (AvgIpc) is 2.11. The first-order valence-electron chi connectivity index (χ1n) is 4.31. The van der Waals surface area contributed by atoms with Crippen LogP contribution in [0.15, 0.2) is 0 Å². The lowest BCUT2D eigenvalue weighted by Crippen LogP contribution is -2.03. The van der Waals surface area contributed by atoms with Gasteiger partial charge in [-0.25, -0.2) is 0 Å². The molecule has 0 saturated carbocycles. The van der Waals surface area contributed by atoms with E-state index in [2.05, 4.69) is 12.1 Å². The Hall–Kier alpha value is -1.06. The second-order valence-corrected chi connectivity index (χ2v) is 2.81. The van der Waals surface area contributed by atoms with E-state index in [1.807, 2.05) is 0 Å². The fraction of sp³-hybridized carbons (Fsp3) is 0.778. The fourth-order valence-electron chi connectivity index (χ4n) is 1.07. The highest BCUT2D eigenvalue weighted by atomic mass is 14.5. The maximum Gasteiger partial charge on any atom is 0.0655 e. The Bertz CT molecular complexity index is 175. The molecule has 3 heteroatoms. The van der Waals surface area contributed by atoms with Crippen molar-refractivity contribution >= 4 is 0 Å². The molecule has 0 radical (unpaired) electrons. The zero-order chi connectivity index (χ0) is 9.23. The number of nitrogens with two attached hydrogens (primary N) is 1. The fourth-order valence-corrected chi connectivity index (χ4v) is 1.07. The topological polar surface area (TPSA) is 73.6 Å². The summed E-state index contributed by atoms with van der Waals surface area (Å²) in [6.45, 7) is 0.649. The van der Waals surface area contributed by atoms with Crippen molar-refractivity contribution in [1.82, 2.24) is 0 Å². The van der Waals surface area contributed by atoms with Crippen LogP contribution in [0.5, 0.6) is 0 Å². The molecule has 0 saturated heterocycles. The summed E-state index contributed by atoms with van der Waals surface area (Å²) in [5.74, 6) is 0.0990. The molecule has 12 heavy (non-hydrogen) atoms. The Labute approximate surface area is 73.8 Å². The summed E-state index contributed by atoms with van der Waals surface area (Å²) in [5.41, 5.74) is 5.32. The standard InChI is InChI=1S/C9H15N3/c10-6-2-1-4-9(8-12)5-3-7-11/h9H,1-5,7,11H2. The predicted octanol–water partition coefficient (Wildman–Crippen LogP) is 1.56. The van der Waals surface area contributed by atoms with E-state index < -0.39 is 0 Å². The van der Waals surface area contributed by atoms with Gasteiger partial charge < -0.3 is 5.73 Å². The van der Waals surface area contributed by atoms with Gasteiger partial charge in [0.2, 0.25) is 0 Å². The highest BCUT2D eigenvalue weighted by Gasteiger charge is 2.05. The number of hydrogen-bond donors (Lipinski definition) is 1. The van der Waals surface area contributed by atoms with Crippen LogP contribution in [0.3, 0.4) is 0 Å². The number of rotatable bonds is 6. The minimum atomic E-state index is 0.0990. The first kappa shape index (κ1) is 10.9. The van der Waals surface area contributed by atoms with Crippen molar-refractivity contribution < 1.29 is 0 Å². The highest BCUT2D eigenvalue weighted by molar-refractivity contribution is 4.83. The molecule has 0 spiro atoms. The zero-order valence-corrected chi connectivity index (χ0v) is 7.29. The Balaban J connectivity index is 3.43. The minimum absolute atomic E-state index is 0.0990. The Morgan fingerprint density at radius 1 is 1.17 bits per heavy atom. The van der Waals surface area contributed by atoms with Crippen LogP contribution in [0.25, 0.3) is 0 Å². The molecule has 1 atom stereocenters. The van der Waals surface area contributed by atoms with Crippen molar-refractivity contribution in [2.45, 2.75) is 32.1 Å². The monoisotopic (exact) mass is 165 g/mol. The van der Waals surface area contributed by atoms with Crippen LogP contribution < -0.4 is 5.73 Å². The third-order valence-electron chi connectivity index (χ3n) is 1.78. The maximum absolute atomic E-state index is 8.68. The van der Waals surface area contributed by atoms with Crippen LogP contribution in [0, 0.1) is 28.6 Å². The van der Waals surface area contributed by atoms with Crippen LogP contribution in [0.1, 0.15) is 32.1 Å². The van der Waals surface area contributed by atoms with Gasteiger partial charge in [-0.2, -0.15) is 10.5 Å². The van der Waals surface area contributed by atoms with Gasteiger partial charge in [0.15, 0.2) is 0 Å². The molecule has 66 valence electrons. The van der Waals surface area contributed by atoms with Crippen molar-refractivity contribution in [2.24, 2.45) is 11.7 Å². The smallest absolute Gasteiger partial charge is 0.0655 e. The van der Waals surface area contributed by atoms with Crippen LogP contribution >= 0.6 is 0 Å². The van der Waals surface area contributed by atoms with Gasteiger partial charge in [0, 0.05) is 12.3 Å². The van der Waals surface area contributed by atoms with E-state index in [1.54, 1.807) is 0 Å². The Kier molecular flexibility index (Phi) is 7.33. The largest absolute Gasteiger partial charge is 0.330 e. The first-order chi connectivity index (χ1) is 5.85. The van der Waals surface area contributed by atoms with Gasteiger partial charge in [-0.05, 0) is 32.2 Å². The lowest BCUT2D eigenvalue weighted by molar-refractivity contribution is 0.521. The minimum Gasteiger partial charge on any atom is -0.330 e. The van der Waals surface area contributed by atoms with Crippen molar-refractivity contribution in [1.29, 1.82) is 10.5 Å². The van der Waals surface area contributed by atoms with E-state index in [9.17, 15) is 0 Å². The summed E-state index contributed by atoms with van der Waals surface area (Å²) in [6.07, 6.45) is 4.01. The molecule has 0 bridgehead atoms. The van der Waals surface area contributed by atoms with E-state index >= 15 is 0 Å². The van der Waals surface area contributed by atoms with Gasteiger partial charge in [0.05, 0.1) is 12.1 Å². The number of hydrogen-bond acceptors (Lipinski definition) is 3. The van der Waals surface area contributed by atoms with E-state index in [-0.39, 0.29) is 5.92 Å². The van der Waals surface area contributed by atoms with Gasteiger partial charge in [-0.1, -0.05) is 0 Å². The second kappa shape index (κ2) is 8.04. The Morgan fingerprint density at radius 3 is 2.33 bits per heavy atom. The molecule has 0 fully saturated rings. The van der Waals surface area contributed by atoms with Crippen molar-refractivity contribution in [3.05, 3.63) is 0 Å². The first-order valence-corrected chi connectivity index (χ1v) is 4.31. The Morgan fingerprint density at radius 2 is 1.83 bits per heavy atom. The molecular weight excluding hydrogens is 150 g/mol. The molecule has 1 unspecified atom stereocenters. The molecule has 0 aliphatic heterocycles. The highest BCUT2D eigenvalue weighted by Crippen LogP contribution is 2.12. The molecule has 2 N–H and O–H groups in total. The van der Waals surface area contributed by atoms with Gasteiger partial charge in [0.25, 0.3) is 0 Å². The van der Waals surface area contributed by atoms with E-state index in [0.29, 0.717) is 13.0 Å². The summed E-state index contributed by atoms with van der Waals surface area (Å²) in [4.78, 5) is 0. The summed E-state index contributed by atoms with van der Waals surface area (Å²) in [6, 6.07) is 4.30. The van der Waals surface area contributed by atoms with E-state index in [0.717, 1.165) is 25.7 Å². The molecule has 0 amide bonds. The van der Waals surface area contributed by atoms with Crippen LogP contribution in [-0.4, -0.2) is 6.54 Å². The quantitative estimate of drug-likeness (QED) is 0.607. The molecular formula is C9H15N3. The molecule has 0 aromatic rings. The van der Waals surface area contributed by atoms with Crippen molar-refractivity contribution in [3.8, 4) is 12.1 Å². The number of nitrogens with zero attached hydrogens (tertiary/aromatic N) is 2. The lowest BCUT2D eigenvalue weighted by Gasteiger charge is -2.05. The van der Waals surface area contributed by atoms with Gasteiger partial charge in [-0.15, -0.1) is 0 Å². The van der Waals surface area contributed by atoms with Gasteiger partial charge in [-0.3, -0.25) is 0 Å². The average molecular weight is 165 g/mol. The molecule has 3 nitrogen and oxygen atoms in total. The summed E-state index contributed by atoms with van der Waals surface area (Å²) >= 11 is 0. The van der Waals surface area contributed by atoms with E-state index in [1.165, 1.54) is 0 Å². The van der Waals surface area contributed by atoms with E-state index in [4.69, 9.17) is 16.3 Å². The SMILES string of the molecule is N#CCCCC(C#N)CCCN. The maximum atomic E-state index is 8.68. The molecule has 0 aromatic carbocycles. The third kappa shape index (κ3) is 5.70. The van der Waals surface area contributed by atoms with Gasteiger partial charge in [0.1, 0.15) is 0 Å². The van der Waals surface area contributed by atoms with Crippen LogP contribution in [-0.2, 0) is 0 Å². The molecule has 0 aliphatic rings. The van der Waals surface area contributed by atoms with Gasteiger partial charge >= 0.3 is 0 Å².